The largest absolute Gasteiger partial charge is 0.325 e. The Balaban J connectivity index is 1.51. The first-order valence-electron chi connectivity index (χ1n) is 7.03. The van der Waals surface area contributed by atoms with Gasteiger partial charge in [0.25, 0.3) is 0 Å². The van der Waals surface area contributed by atoms with E-state index in [0.717, 1.165) is 17.3 Å². The van der Waals surface area contributed by atoms with Gasteiger partial charge in [-0.05, 0) is 29.8 Å². The highest BCUT2D eigenvalue weighted by Crippen LogP contribution is 2.23. The Labute approximate surface area is 152 Å². The van der Waals surface area contributed by atoms with Gasteiger partial charge in [0.1, 0.15) is 0 Å². The highest BCUT2D eigenvalue weighted by Gasteiger charge is 2.09. The summed E-state index contributed by atoms with van der Waals surface area (Å²) in [4.78, 5) is 16.2. The summed E-state index contributed by atoms with van der Waals surface area (Å²) in [6, 6.07) is 16.6. The zero-order valence-electron chi connectivity index (χ0n) is 12.4. The SMILES string of the molecule is O=C(Nc1ccc(Cl)cc1)Nc1nc(SCc2ccccc2)ns1. The second-order valence-electron chi connectivity index (χ2n) is 4.74. The third-order valence-electron chi connectivity index (χ3n) is 2.94. The molecule has 24 heavy (non-hydrogen) atoms. The number of urea groups is 1. The summed E-state index contributed by atoms with van der Waals surface area (Å²) in [5, 5.41) is 7.10. The molecule has 0 spiro atoms. The van der Waals surface area contributed by atoms with Gasteiger partial charge >= 0.3 is 6.03 Å². The second-order valence-corrected chi connectivity index (χ2v) is 6.87. The number of halogens is 1. The van der Waals surface area contributed by atoms with Gasteiger partial charge in [-0.25, -0.2) is 4.79 Å². The van der Waals surface area contributed by atoms with Crippen LogP contribution in [-0.4, -0.2) is 15.4 Å². The zero-order valence-corrected chi connectivity index (χ0v) is 14.8. The molecule has 0 bridgehead atoms. The minimum atomic E-state index is -0.368. The molecule has 0 radical (unpaired) electrons. The molecular formula is C16H13ClN4OS2. The van der Waals surface area contributed by atoms with Crippen molar-refractivity contribution in [3.63, 3.8) is 0 Å². The van der Waals surface area contributed by atoms with Crippen molar-refractivity contribution >= 4 is 51.7 Å². The Morgan fingerprint density at radius 2 is 1.83 bits per heavy atom. The number of anilines is 2. The van der Waals surface area contributed by atoms with Crippen LogP contribution in [0.3, 0.4) is 0 Å². The van der Waals surface area contributed by atoms with Crippen molar-refractivity contribution < 1.29 is 4.79 Å². The fourth-order valence-electron chi connectivity index (χ4n) is 1.83. The van der Waals surface area contributed by atoms with Crippen LogP contribution in [0.25, 0.3) is 0 Å². The first-order chi connectivity index (χ1) is 11.7. The molecule has 0 atom stereocenters. The van der Waals surface area contributed by atoms with Crippen LogP contribution in [0.2, 0.25) is 5.02 Å². The number of hydrogen-bond donors (Lipinski definition) is 2. The van der Waals surface area contributed by atoms with Crippen molar-refractivity contribution in [2.45, 2.75) is 10.9 Å². The molecule has 1 heterocycles. The molecule has 0 saturated carbocycles. The number of thioether (sulfide) groups is 1. The van der Waals surface area contributed by atoms with Crippen molar-refractivity contribution in [1.82, 2.24) is 9.36 Å². The highest BCUT2D eigenvalue weighted by molar-refractivity contribution is 7.98. The monoisotopic (exact) mass is 376 g/mol. The lowest BCUT2D eigenvalue weighted by atomic mass is 10.2. The van der Waals surface area contributed by atoms with E-state index in [0.29, 0.717) is 21.0 Å². The van der Waals surface area contributed by atoms with Gasteiger partial charge < -0.3 is 5.32 Å². The van der Waals surface area contributed by atoms with Crippen molar-refractivity contribution in [2.75, 3.05) is 10.6 Å². The van der Waals surface area contributed by atoms with E-state index in [1.807, 2.05) is 18.2 Å². The van der Waals surface area contributed by atoms with E-state index >= 15 is 0 Å². The van der Waals surface area contributed by atoms with Crippen LogP contribution in [0, 0.1) is 0 Å². The fraction of sp³-hybridized carbons (Fsp3) is 0.0625. The summed E-state index contributed by atoms with van der Waals surface area (Å²) < 4.78 is 4.24. The smallest absolute Gasteiger partial charge is 0.308 e. The third kappa shape index (κ3) is 4.95. The molecule has 0 saturated heterocycles. The van der Waals surface area contributed by atoms with Crippen molar-refractivity contribution in [2.24, 2.45) is 0 Å². The molecule has 2 amide bonds. The lowest BCUT2D eigenvalue weighted by molar-refractivity contribution is 0.262. The van der Waals surface area contributed by atoms with Gasteiger partial charge in [0, 0.05) is 28.0 Å². The molecule has 5 nitrogen and oxygen atoms in total. The standard InChI is InChI=1S/C16H13ClN4OS2/c17-12-6-8-13(9-7-12)18-14(22)19-15-20-16(21-24-15)23-10-11-4-2-1-3-5-11/h1-9H,10H2,(H2,18,19,20,21,22). The van der Waals surface area contributed by atoms with E-state index in [2.05, 4.69) is 32.1 Å². The molecule has 0 fully saturated rings. The molecule has 1 aromatic heterocycles. The molecule has 122 valence electrons. The quantitative estimate of drug-likeness (QED) is 0.606. The number of carbonyl (C=O) groups excluding carboxylic acids is 1. The zero-order chi connectivity index (χ0) is 16.8. The van der Waals surface area contributed by atoms with Crippen LogP contribution in [0.15, 0.2) is 59.8 Å². The van der Waals surface area contributed by atoms with E-state index in [1.165, 1.54) is 17.3 Å². The van der Waals surface area contributed by atoms with Crippen molar-refractivity contribution in [3.8, 4) is 0 Å². The van der Waals surface area contributed by atoms with Gasteiger partial charge in [0.2, 0.25) is 10.3 Å². The van der Waals surface area contributed by atoms with Gasteiger partial charge in [-0.3, -0.25) is 5.32 Å². The summed E-state index contributed by atoms with van der Waals surface area (Å²) in [6.07, 6.45) is 0. The fourth-order valence-corrected chi connectivity index (χ4v) is 3.46. The minimum absolute atomic E-state index is 0.368. The van der Waals surface area contributed by atoms with E-state index in [9.17, 15) is 4.79 Å². The number of aromatic nitrogens is 2. The van der Waals surface area contributed by atoms with Gasteiger partial charge in [-0.2, -0.15) is 9.36 Å². The lowest BCUT2D eigenvalue weighted by Crippen LogP contribution is -2.19. The van der Waals surface area contributed by atoms with Gasteiger partial charge in [0.15, 0.2) is 0 Å². The summed E-state index contributed by atoms with van der Waals surface area (Å²) in [6.45, 7) is 0. The molecule has 2 aromatic carbocycles. The number of nitrogens with zero attached hydrogens (tertiary/aromatic N) is 2. The molecule has 0 aliphatic heterocycles. The summed E-state index contributed by atoms with van der Waals surface area (Å²) in [7, 11) is 0. The maximum atomic E-state index is 11.9. The normalized spacial score (nSPS) is 10.4. The van der Waals surface area contributed by atoms with Crippen molar-refractivity contribution in [1.29, 1.82) is 0 Å². The first kappa shape index (κ1) is 16.8. The molecular weight excluding hydrogens is 364 g/mol. The molecule has 3 rings (SSSR count). The van der Waals surface area contributed by atoms with E-state index in [1.54, 1.807) is 24.3 Å². The number of rotatable bonds is 5. The summed E-state index contributed by atoms with van der Waals surface area (Å²) in [5.41, 5.74) is 1.85. The van der Waals surface area contributed by atoms with Gasteiger partial charge in [0.05, 0.1) is 0 Å². The molecule has 2 N–H and O–H groups in total. The van der Waals surface area contributed by atoms with Crippen LogP contribution in [0.1, 0.15) is 5.56 Å². The average molecular weight is 377 g/mol. The van der Waals surface area contributed by atoms with Gasteiger partial charge in [-0.15, -0.1) is 0 Å². The average Bonchev–Trinajstić information content (AvgIpc) is 3.03. The van der Waals surface area contributed by atoms with E-state index in [-0.39, 0.29) is 6.03 Å². The highest BCUT2D eigenvalue weighted by atomic mass is 35.5. The molecule has 3 aromatic rings. The Bertz CT molecular complexity index is 808. The predicted molar refractivity (Wildman–Crippen MR) is 100 cm³/mol. The topological polar surface area (TPSA) is 66.9 Å². The minimum Gasteiger partial charge on any atom is -0.308 e. The van der Waals surface area contributed by atoms with Crippen LogP contribution >= 0.6 is 34.9 Å². The Morgan fingerprint density at radius 3 is 2.58 bits per heavy atom. The summed E-state index contributed by atoms with van der Waals surface area (Å²) >= 11 is 8.49. The Kier molecular flexibility index (Phi) is 5.68. The van der Waals surface area contributed by atoms with E-state index < -0.39 is 0 Å². The molecule has 0 unspecified atom stereocenters. The first-order valence-corrected chi connectivity index (χ1v) is 9.17. The van der Waals surface area contributed by atoms with Gasteiger partial charge in [-0.1, -0.05) is 53.7 Å². The number of carbonyl (C=O) groups is 1. The van der Waals surface area contributed by atoms with Crippen molar-refractivity contribution in [3.05, 3.63) is 65.2 Å². The van der Waals surface area contributed by atoms with Crippen LogP contribution < -0.4 is 10.6 Å². The number of nitrogens with one attached hydrogen (secondary N) is 2. The van der Waals surface area contributed by atoms with Crippen LogP contribution in [-0.2, 0) is 5.75 Å². The Hall–Kier alpha value is -2.09. The number of amides is 2. The third-order valence-corrected chi connectivity index (χ3v) is 4.86. The lowest BCUT2D eigenvalue weighted by Gasteiger charge is -2.04. The molecule has 8 heteroatoms. The van der Waals surface area contributed by atoms with Crippen LogP contribution in [0.4, 0.5) is 15.6 Å². The number of benzene rings is 2. The second kappa shape index (κ2) is 8.14. The van der Waals surface area contributed by atoms with E-state index in [4.69, 9.17) is 11.6 Å². The molecule has 0 aliphatic carbocycles. The maximum Gasteiger partial charge on any atom is 0.325 e. The number of hydrogen-bond acceptors (Lipinski definition) is 5. The maximum absolute atomic E-state index is 11.9. The Morgan fingerprint density at radius 1 is 1.08 bits per heavy atom. The van der Waals surface area contributed by atoms with Crippen LogP contribution in [0.5, 0.6) is 0 Å². The summed E-state index contributed by atoms with van der Waals surface area (Å²) in [5.74, 6) is 0.786. The molecule has 0 aliphatic rings. The predicted octanol–water partition coefficient (Wildman–Crippen LogP) is 5.13.